The Hall–Kier alpha value is -2.18. The molecule has 4 unspecified atom stereocenters. The highest BCUT2D eigenvalue weighted by Gasteiger charge is 2.52. The number of carbonyl (C=O) groups excluding carboxylic acids is 2. The van der Waals surface area contributed by atoms with Gasteiger partial charge in [-0.1, -0.05) is 57.0 Å². The molecule has 0 bridgehead atoms. The molecule has 2 aliphatic heterocycles. The molecular formula is C20H27N3O3. The van der Waals surface area contributed by atoms with Gasteiger partial charge in [0.05, 0.1) is 18.1 Å². The first kappa shape index (κ1) is 18.6. The van der Waals surface area contributed by atoms with Crippen LogP contribution in [0.4, 0.5) is 5.69 Å². The zero-order chi connectivity index (χ0) is 18.8. The number of hydrazine groups is 1. The highest BCUT2D eigenvalue weighted by atomic mass is 16.3. The first-order valence-corrected chi connectivity index (χ1v) is 9.27. The van der Waals surface area contributed by atoms with Gasteiger partial charge < -0.3 is 10.5 Å². The molecule has 1 fully saturated rings. The van der Waals surface area contributed by atoms with E-state index in [1.165, 1.54) is 11.9 Å². The average Bonchev–Trinajstić information content (AvgIpc) is 2.88. The molecule has 3 rings (SSSR count). The summed E-state index contributed by atoms with van der Waals surface area (Å²) in [5.74, 6) is -0.846. The fourth-order valence-electron chi connectivity index (χ4n) is 3.95. The van der Waals surface area contributed by atoms with E-state index < -0.39 is 18.1 Å². The van der Waals surface area contributed by atoms with Crippen LogP contribution in [0.15, 0.2) is 42.5 Å². The Kier molecular flexibility index (Phi) is 5.44. The molecule has 140 valence electrons. The lowest BCUT2D eigenvalue weighted by Gasteiger charge is -2.42. The van der Waals surface area contributed by atoms with Gasteiger partial charge in [0.25, 0.3) is 0 Å². The van der Waals surface area contributed by atoms with Crippen molar-refractivity contribution in [3.05, 3.63) is 42.5 Å². The lowest BCUT2D eigenvalue weighted by Crippen LogP contribution is -2.58. The Morgan fingerprint density at radius 2 is 1.73 bits per heavy atom. The highest BCUT2D eigenvalue weighted by Crippen LogP contribution is 2.34. The zero-order valence-corrected chi connectivity index (χ0v) is 15.5. The summed E-state index contributed by atoms with van der Waals surface area (Å²) in [5.41, 5.74) is 4.10. The first-order chi connectivity index (χ1) is 12.5. The van der Waals surface area contributed by atoms with Crippen LogP contribution in [-0.2, 0) is 9.59 Å². The van der Waals surface area contributed by atoms with Crippen LogP contribution < -0.4 is 5.43 Å². The number of fused-ring (bicyclic) bond motifs is 1. The third kappa shape index (κ3) is 3.15. The summed E-state index contributed by atoms with van der Waals surface area (Å²) in [4.78, 5) is 26.3. The maximum Gasteiger partial charge on any atom is 0.249 e. The van der Waals surface area contributed by atoms with Gasteiger partial charge in [-0.3, -0.25) is 14.5 Å². The molecule has 6 heteroatoms. The number of anilines is 1. The summed E-state index contributed by atoms with van der Waals surface area (Å²) in [6.45, 7) is 4.11. The van der Waals surface area contributed by atoms with Gasteiger partial charge in [0.2, 0.25) is 11.8 Å². The maximum atomic E-state index is 12.7. The van der Waals surface area contributed by atoms with Crippen LogP contribution in [0.25, 0.3) is 0 Å². The average molecular weight is 357 g/mol. The fourth-order valence-corrected chi connectivity index (χ4v) is 3.95. The molecular weight excluding hydrogens is 330 g/mol. The first-order valence-electron chi connectivity index (χ1n) is 9.27. The molecule has 0 radical (unpaired) electrons. The van der Waals surface area contributed by atoms with E-state index in [0.29, 0.717) is 0 Å². The largest absolute Gasteiger partial charge is 0.391 e. The van der Waals surface area contributed by atoms with Crippen molar-refractivity contribution in [2.24, 2.45) is 11.8 Å². The number of aliphatic hydroxyl groups excluding tert-OH is 1. The Morgan fingerprint density at radius 3 is 2.35 bits per heavy atom. The van der Waals surface area contributed by atoms with Crippen molar-refractivity contribution in [3.63, 3.8) is 0 Å². The molecule has 0 aromatic heterocycles. The van der Waals surface area contributed by atoms with Gasteiger partial charge in [0.15, 0.2) is 0 Å². The van der Waals surface area contributed by atoms with Crippen LogP contribution >= 0.6 is 0 Å². The molecule has 2 heterocycles. The number of nitrogens with zero attached hydrogens (tertiary/aromatic N) is 2. The Morgan fingerprint density at radius 1 is 1.08 bits per heavy atom. The number of para-hydroxylation sites is 1. The minimum absolute atomic E-state index is 0.117. The summed E-state index contributed by atoms with van der Waals surface area (Å²) in [5, 5.41) is 12.7. The van der Waals surface area contributed by atoms with E-state index >= 15 is 0 Å². The number of benzene rings is 1. The van der Waals surface area contributed by atoms with E-state index in [9.17, 15) is 14.7 Å². The molecule has 0 spiro atoms. The second kappa shape index (κ2) is 7.60. The molecule has 4 atom stereocenters. The summed E-state index contributed by atoms with van der Waals surface area (Å²) in [6, 6.07) is 8.49. The molecule has 1 aromatic carbocycles. The number of rotatable bonds is 6. The number of imide groups is 1. The fraction of sp³-hybridized carbons (Fsp3) is 0.500. The number of amides is 2. The van der Waals surface area contributed by atoms with Gasteiger partial charge in [0.1, 0.15) is 6.04 Å². The van der Waals surface area contributed by atoms with Gasteiger partial charge in [-0.2, -0.15) is 0 Å². The number of likely N-dealkylation sites (tertiary alicyclic amines) is 1. The minimum Gasteiger partial charge on any atom is -0.391 e. The number of hydrogen-bond donors (Lipinski definition) is 2. The minimum atomic E-state index is -0.647. The van der Waals surface area contributed by atoms with E-state index in [0.717, 1.165) is 18.5 Å². The molecule has 26 heavy (non-hydrogen) atoms. The van der Waals surface area contributed by atoms with E-state index in [1.54, 1.807) is 11.1 Å². The molecule has 1 aromatic rings. The van der Waals surface area contributed by atoms with Crippen molar-refractivity contribution in [3.8, 4) is 0 Å². The Balaban J connectivity index is 1.97. The molecule has 0 aliphatic carbocycles. The molecule has 2 aliphatic rings. The van der Waals surface area contributed by atoms with E-state index in [4.69, 9.17) is 0 Å². The summed E-state index contributed by atoms with van der Waals surface area (Å²) >= 11 is 0. The molecule has 1 saturated heterocycles. The van der Waals surface area contributed by atoms with E-state index in [-0.39, 0.29) is 23.8 Å². The normalized spacial score (nSPS) is 27.1. The SMILES string of the molecule is CCC(CC)C(O)C1C=CC2C(=O)N(C)C(=O)C2N1Nc1ccccc1. The maximum absolute atomic E-state index is 12.7. The van der Waals surface area contributed by atoms with Crippen LogP contribution in [0.3, 0.4) is 0 Å². The third-order valence-electron chi connectivity index (χ3n) is 5.59. The Labute approximate surface area is 154 Å². The standard InChI is InChI=1S/C20H27N3O3/c1-4-13(5-2)18(24)16-12-11-15-17(20(26)22(3)19(15)25)23(16)21-14-9-7-6-8-10-14/h6-13,15-18,21,24H,4-5H2,1-3H3. The topological polar surface area (TPSA) is 72.9 Å². The number of likely N-dealkylation sites (N-methyl/N-ethyl adjacent to an activating group) is 1. The number of nitrogens with one attached hydrogen (secondary N) is 1. The van der Waals surface area contributed by atoms with Gasteiger partial charge >= 0.3 is 0 Å². The predicted octanol–water partition coefficient (Wildman–Crippen LogP) is 2.03. The summed E-state index contributed by atoms with van der Waals surface area (Å²) in [7, 11) is 1.52. The highest BCUT2D eigenvalue weighted by molar-refractivity contribution is 6.08. The van der Waals surface area contributed by atoms with Crippen molar-refractivity contribution >= 4 is 17.5 Å². The van der Waals surface area contributed by atoms with Gasteiger partial charge in [-0.25, -0.2) is 5.01 Å². The van der Waals surface area contributed by atoms with Crippen LogP contribution in [0.1, 0.15) is 26.7 Å². The number of hydrogen-bond acceptors (Lipinski definition) is 5. The van der Waals surface area contributed by atoms with Crippen LogP contribution in [0.5, 0.6) is 0 Å². The smallest absolute Gasteiger partial charge is 0.249 e. The van der Waals surface area contributed by atoms with Crippen molar-refractivity contribution in [2.45, 2.75) is 44.9 Å². The zero-order valence-electron chi connectivity index (χ0n) is 15.5. The van der Waals surface area contributed by atoms with Crippen molar-refractivity contribution in [2.75, 3.05) is 12.5 Å². The van der Waals surface area contributed by atoms with Gasteiger partial charge in [0, 0.05) is 12.7 Å². The lowest BCUT2D eigenvalue weighted by atomic mass is 9.86. The monoisotopic (exact) mass is 357 g/mol. The predicted molar refractivity (Wildman–Crippen MR) is 100.0 cm³/mol. The molecule has 0 saturated carbocycles. The lowest BCUT2D eigenvalue weighted by molar-refractivity contribution is -0.138. The van der Waals surface area contributed by atoms with Gasteiger partial charge in [-0.15, -0.1) is 0 Å². The molecule has 2 N–H and O–H groups in total. The Bertz CT molecular complexity index is 687. The van der Waals surface area contributed by atoms with Crippen molar-refractivity contribution in [1.29, 1.82) is 0 Å². The quantitative estimate of drug-likeness (QED) is 0.602. The van der Waals surface area contributed by atoms with Gasteiger partial charge in [-0.05, 0) is 18.1 Å². The number of carbonyl (C=O) groups is 2. The van der Waals surface area contributed by atoms with Crippen molar-refractivity contribution < 1.29 is 14.7 Å². The third-order valence-corrected chi connectivity index (χ3v) is 5.59. The molecule has 2 amide bonds. The summed E-state index contributed by atoms with van der Waals surface area (Å²) < 4.78 is 0. The second-order valence-electron chi connectivity index (χ2n) is 7.03. The second-order valence-corrected chi connectivity index (χ2v) is 7.03. The van der Waals surface area contributed by atoms with E-state index in [2.05, 4.69) is 19.3 Å². The van der Waals surface area contributed by atoms with Crippen LogP contribution in [0, 0.1) is 11.8 Å². The van der Waals surface area contributed by atoms with Crippen molar-refractivity contribution in [1.82, 2.24) is 9.91 Å². The molecule has 6 nitrogen and oxygen atoms in total. The number of aliphatic hydroxyl groups is 1. The van der Waals surface area contributed by atoms with Crippen LogP contribution in [-0.4, -0.2) is 52.1 Å². The van der Waals surface area contributed by atoms with E-state index in [1.807, 2.05) is 36.4 Å². The van der Waals surface area contributed by atoms with Crippen LogP contribution in [0.2, 0.25) is 0 Å². The summed E-state index contributed by atoms with van der Waals surface area (Å²) in [6.07, 6.45) is 4.72.